The second-order valence-corrected chi connectivity index (χ2v) is 3.88. The first kappa shape index (κ1) is 8.49. The first-order chi connectivity index (χ1) is 7.33. The van der Waals surface area contributed by atoms with Gasteiger partial charge in [-0.3, -0.25) is 0 Å². The maximum atomic E-state index is 3.95. The Balaban J connectivity index is 2.31. The molecule has 0 aliphatic heterocycles. The standard InChI is InChI=1S/C15H11/c1-11-6-7-14-9-12-4-2-3-5-13(12)10-15(14)8-11/h2-10H,1H2. The molecular weight excluding hydrogens is 180 g/mol. The van der Waals surface area contributed by atoms with E-state index in [0.717, 1.165) is 5.57 Å². The zero-order valence-corrected chi connectivity index (χ0v) is 8.40. The average molecular weight is 191 g/mol. The zero-order chi connectivity index (χ0) is 10.3. The second-order valence-electron chi connectivity index (χ2n) is 3.88. The summed E-state index contributed by atoms with van der Waals surface area (Å²) in [6.07, 6.45) is 6.31. The summed E-state index contributed by atoms with van der Waals surface area (Å²) in [5, 5.41) is 2.58. The van der Waals surface area contributed by atoms with Gasteiger partial charge in [0.1, 0.15) is 0 Å². The molecule has 0 aromatic heterocycles. The van der Waals surface area contributed by atoms with Crippen LogP contribution >= 0.6 is 0 Å². The van der Waals surface area contributed by atoms with Crippen LogP contribution in [0.1, 0.15) is 11.1 Å². The summed E-state index contributed by atoms with van der Waals surface area (Å²) in [4.78, 5) is 0. The highest BCUT2D eigenvalue weighted by atomic mass is 14.1. The third kappa shape index (κ3) is 1.39. The summed E-state index contributed by atoms with van der Waals surface area (Å²) in [6, 6.07) is 12.9. The number of rotatable bonds is 0. The van der Waals surface area contributed by atoms with Gasteiger partial charge in [-0.25, -0.2) is 0 Å². The molecule has 0 atom stereocenters. The molecule has 2 aromatic rings. The minimum absolute atomic E-state index is 1.07. The van der Waals surface area contributed by atoms with Gasteiger partial charge in [-0.1, -0.05) is 43.0 Å². The van der Waals surface area contributed by atoms with Crippen molar-refractivity contribution in [2.75, 3.05) is 0 Å². The topological polar surface area (TPSA) is 0 Å². The minimum Gasteiger partial charge on any atom is -0.0952 e. The van der Waals surface area contributed by atoms with E-state index in [9.17, 15) is 0 Å². The molecule has 0 heterocycles. The van der Waals surface area contributed by atoms with E-state index in [2.05, 4.69) is 61.5 Å². The molecule has 3 rings (SSSR count). The predicted octanol–water partition coefficient (Wildman–Crippen LogP) is 3.98. The van der Waals surface area contributed by atoms with Gasteiger partial charge in [0.2, 0.25) is 0 Å². The molecule has 0 saturated heterocycles. The molecule has 0 heteroatoms. The number of hydrogen-bond acceptors (Lipinski definition) is 0. The highest BCUT2D eigenvalue weighted by Gasteiger charge is 2.07. The molecule has 2 aromatic carbocycles. The van der Waals surface area contributed by atoms with Crippen LogP contribution in [0.2, 0.25) is 0 Å². The van der Waals surface area contributed by atoms with Crippen LogP contribution in [0.15, 0.2) is 54.6 Å². The number of fused-ring (bicyclic) bond motifs is 2. The number of hydrogen-bond donors (Lipinski definition) is 0. The maximum absolute atomic E-state index is 3.95. The van der Waals surface area contributed by atoms with Crippen LogP contribution in [0, 0.1) is 6.42 Å². The van der Waals surface area contributed by atoms with Crippen LogP contribution < -0.4 is 0 Å². The molecule has 0 spiro atoms. The van der Waals surface area contributed by atoms with Gasteiger partial charge in [0.15, 0.2) is 0 Å². The monoisotopic (exact) mass is 191 g/mol. The van der Waals surface area contributed by atoms with Gasteiger partial charge in [-0.2, -0.15) is 0 Å². The fraction of sp³-hybridized carbons (Fsp3) is 0. The van der Waals surface area contributed by atoms with Crippen LogP contribution in [-0.2, 0) is 0 Å². The van der Waals surface area contributed by atoms with Gasteiger partial charge in [0.25, 0.3) is 0 Å². The van der Waals surface area contributed by atoms with Crippen LogP contribution in [0.5, 0.6) is 0 Å². The molecule has 0 bridgehead atoms. The molecule has 0 unspecified atom stereocenters. The zero-order valence-electron chi connectivity index (χ0n) is 8.40. The summed E-state index contributed by atoms with van der Waals surface area (Å²) in [5.41, 5.74) is 3.61. The number of benzene rings is 2. The van der Waals surface area contributed by atoms with Crippen molar-refractivity contribution in [3.63, 3.8) is 0 Å². The lowest BCUT2D eigenvalue weighted by Gasteiger charge is -2.12. The molecular formula is C15H11. The molecule has 0 amide bonds. The highest BCUT2D eigenvalue weighted by Crippen LogP contribution is 2.27. The number of allylic oxidation sites excluding steroid dienone is 2. The molecule has 0 saturated carbocycles. The lowest BCUT2D eigenvalue weighted by Crippen LogP contribution is -1.93. The van der Waals surface area contributed by atoms with Crippen LogP contribution in [0.3, 0.4) is 0 Å². The quantitative estimate of drug-likeness (QED) is 0.591. The first-order valence-electron chi connectivity index (χ1n) is 5.07. The van der Waals surface area contributed by atoms with Gasteiger partial charge in [-0.15, -0.1) is 0 Å². The van der Waals surface area contributed by atoms with Gasteiger partial charge < -0.3 is 0 Å². The Bertz CT molecular complexity index is 574. The predicted molar refractivity (Wildman–Crippen MR) is 65.5 cm³/mol. The van der Waals surface area contributed by atoms with Crippen molar-refractivity contribution in [3.8, 4) is 0 Å². The van der Waals surface area contributed by atoms with Crippen LogP contribution in [-0.4, -0.2) is 0 Å². The summed E-state index contributed by atoms with van der Waals surface area (Å²) in [6.45, 7) is 3.95. The van der Waals surface area contributed by atoms with Crippen LogP contribution in [0.4, 0.5) is 0 Å². The molecule has 0 fully saturated rings. The van der Waals surface area contributed by atoms with Crippen molar-refractivity contribution in [3.05, 3.63) is 72.2 Å². The molecule has 15 heavy (non-hydrogen) atoms. The fourth-order valence-electron chi connectivity index (χ4n) is 1.99. The van der Waals surface area contributed by atoms with Crippen LogP contribution in [0.25, 0.3) is 16.8 Å². The normalized spacial score (nSPS) is 14.3. The third-order valence-electron chi connectivity index (χ3n) is 2.77. The maximum Gasteiger partial charge on any atom is 0.0199 e. The molecule has 1 aliphatic rings. The van der Waals surface area contributed by atoms with Gasteiger partial charge in [0, 0.05) is 6.42 Å². The largest absolute Gasteiger partial charge is 0.0952 e. The molecule has 1 aliphatic carbocycles. The van der Waals surface area contributed by atoms with E-state index in [1.54, 1.807) is 0 Å². The summed E-state index contributed by atoms with van der Waals surface area (Å²) in [7, 11) is 0. The Kier molecular flexibility index (Phi) is 1.75. The summed E-state index contributed by atoms with van der Waals surface area (Å²) in [5.74, 6) is 0. The van der Waals surface area contributed by atoms with E-state index < -0.39 is 0 Å². The van der Waals surface area contributed by atoms with Crippen molar-refractivity contribution in [2.45, 2.75) is 0 Å². The van der Waals surface area contributed by atoms with E-state index in [1.807, 2.05) is 0 Å². The lowest BCUT2D eigenvalue weighted by molar-refractivity contribution is 1.44. The fourth-order valence-corrected chi connectivity index (χ4v) is 1.99. The Morgan fingerprint density at radius 1 is 0.800 bits per heavy atom. The van der Waals surface area contributed by atoms with Gasteiger partial charge >= 0.3 is 0 Å². The first-order valence-corrected chi connectivity index (χ1v) is 5.07. The van der Waals surface area contributed by atoms with Crippen molar-refractivity contribution in [1.29, 1.82) is 0 Å². The van der Waals surface area contributed by atoms with Crippen molar-refractivity contribution >= 4 is 16.8 Å². The SMILES string of the molecule is C=C1[CH]c2cc3ccccc3cc2C=C1. The Hall–Kier alpha value is -1.82. The lowest BCUT2D eigenvalue weighted by atomic mass is 9.92. The third-order valence-corrected chi connectivity index (χ3v) is 2.77. The average Bonchev–Trinajstić information content (AvgIpc) is 2.26. The van der Waals surface area contributed by atoms with E-state index in [-0.39, 0.29) is 0 Å². The van der Waals surface area contributed by atoms with Crippen molar-refractivity contribution in [2.24, 2.45) is 0 Å². The van der Waals surface area contributed by atoms with E-state index >= 15 is 0 Å². The van der Waals surface area contributed by atoms with Gasteiger partial charge in [-0.05, 0) is 39.6 Å². The minimum atomic E-state index is 1.07. The van der Waals surface area contributed by atoms with Crippen molar-refractivity contribution < 1.29 is 0 Å². The van der Waals surface area contributed by atoms with Crippen molar-refractivity contribution in [1.82, 2.24) is 0 Å². The Morgan fingerprint density at radius 3 is 2.20 bits per heavy atom. The second kappa shape index (κ2) is 3.09. The molecule has 0 N–H and O–H groups in total. The summed E-state index contributed by atoms with van der Waals surface area (Å²) < 4.78 is 0. The molecule has 71 valence electrons. The van der Waals surface area contributed by atoms with E-state index in [4.69, 9.17) is 0 Å². The smallest absolute Gasteiger partial charge is 0.0199 e. The molecule has 0 nitrogen and oxygen atoms in total. The Labute approximate surface area is 89.6 Å². The Morgan fingerprint density at radius 2 is 1.47 bits per heavy atom. The summed E-state index contributed by atoms with van der Waals surface area (Å²) >= 11 is 0. The highest BCUT2D eigenvalue weighted by molar-refractivity contribution is 5.87. The van der Waals surface area contributed by atoms with Gasteiger partial charge in [0.05, 0.1) is 0 Å². The van der Waals surface area contributed by atoms with E-state index in [1.165, 1.54) is 21.9 Å². The molecule has 1 radical (unpaired) electrons. The van der Waals surface area contributed by atoms with E-state index in [0.29, 0.717) is 0 Å².